The fraction of sp³-hybridized carbons (Fsp3) is 1.00. The van der Waals surface area contributed by atoms with Crippen molar-refractivity contribution in [3.8, 4) is 0 Å². The Hall–Kier alpha value is 0.220. The van der Waals surface area contributed by atoms with Gasteiger partial charge in [0.15, 0.2) is 0 Å². The van der Waals surface area contributed by atoms with E-state index in [0.717, 1.165) is 31.4 Å². The zero-order valence-corrected chi connectivity index (χ0v) is 13.5. The Balaban J connectivity index is 1.92. The van der Waals surface area contributed by atoms with Crippen LogP contribution in [0.3, 0.4) is 0 Å². The molecular formula is C13H25NO3S2. The van der Waals surface area contributed by atoms with E-state index in [2.05, 4.69) is 6.92 Å². The number of rotatable bonds is 4. The third-order valence-electron chi connectivity index (χ3n) is 4.46. The minimum absolute atomic E-state index is 0.0205. The van der Waals surface area contributed by atoms with Gasteiger partial charge in [0.05, 0.1) is 12.4 Å². The van der Waals surface area contributed by atoms with E-state index in [-0.39, 0.29) is 10.9 Å². The summed E-state index contributed by atoms with van der Waals surface area (Å²) in [6, 6.07) is 0. The predicted molar refractivity (Wildman–Crippen MR) is 79.9 cm³/mol. The Labute approximate surface area is 121 Å². The molecule has 6 heteroatoms. The lowest BCUT2D eigenvalue weighted by Gasteiger charge is -2.36. The Kier molecular flexibility index (Phi) is 4.86. The smallest absolute Gasteiger partial charge is 0.211 e. The second kappa shape index (κ2) is 5.92. The van der Waals surface area contributed by atoms with E-state index in [0.29, 0.717) is 19.0 Å². The Morgan fingerprint density at radius 2 is 2.21 bits per heavy atom. The lowest BCUT2D eigenvalue weighted by atomic mass is 9.87. The van der Waals surface area contributed by atoms with Crippen LogP contribution in [0.4, 0.5) is 0 Å². The number of nitrogens with zero attached hydrogens (tertiary/aromatic N) is 1. The van der Waals surface area contributed by atoms with E-state index in [1.807, 2.05) is 11.8 Å². The number of aliphatic hydroxyl groups is 1. The monoisotopic (exact) mass is 307 g/mol. The first-order chi connectivity index (χ1) is 8.81. The molecule has 0 bridgehead atoms. The summed E-state index contributed by atoms with van der Waals surface area (Å²) in [7, 11) is -3.08. The summed E-state index contributed by atoms with van der Waals surface area (Å²) < 4.78 is 24.7. The van der Waals surface area contributed by atoms with Crippen molar-refractivity contribution in [2.24, 2.45) is 5.92 Å². The standard InChI is InChI=1S/C13H25NO3S2/c1-13(6-4-8-18-13)12(15)9-11-5-3-7-14(10-11)19(2,16)17/h11-12,15H,3-10H2,1-2H3. The molecule has 3 atom stereocenters. The fourth-order valence-electron chi connectivity index (χ4n) is 3.15. The first kappa shape index (κ1) is 15.6. The molecule has 1 N–H and O–H groups in total. The maximum Gasteiger partial charge on any atom is 0.211 e. The zero-order valence-electron chi connectivity index (χ0n) is 11.8. The van der Waals surface area contributed by atoms with Gasteiger partial charge in [-0.05, 0) is 50.7 Å². The van der Waals surface area contributed by atoms with E-state index >= 15 is 0 Å². The molecule has 0 aromatic rings. The van der Waals surface area contributed by atoms with Crippen LogP contribution in [0.15, 0.2) is 0 Å². The van der Waals surface area contributed by atoms with Gasteiger partial charge in [0.2, 0.25) is 10.0 Å². The molecule has 2 aliphatic heterocycles. The van der Waals surface area contributed by atoms with Gasteiger partial charge < -0.3 is 5.11 Å². The number of sulfonamides is 1. The fourth-order valence-corrected chi connectivity index (χ4v) is 5.42. The third kappa shape index (κ3) is 3.86. The van der Waals surface area contributed by atoms with E-state index in [1.165, 1.54) is 12.7 Å². The number of piperidine rings is 1. The first-order valence-electron chi connectivity index (χ1n) is 7.08. The average Bonchev–Trinajstić information content (AvgIpc) is 2.77. The van der Waals surface area contributed by atoms with Crippen LogP contribution >= 0.6 is 11.8 Å². The second-order valence-electron chi connectivity index (χ2n) is 6.15. The van der Waals surface area contributed by atoms with Crippen molar-refractivity contribution in [2.75, 3.05) is 25.1 Å². The summed E-state index contributed by atoms with van der Waals surface area (Å²) in [5, 5.41) is 10.5. The van der Waals surface area contributed by atoms with Gasteiger partial charge in [0.1, 0.15) is 0 Å². The number of aliphatic hydroxyl groups excluding tert-OH is 1. The quantitative estimate of drug-likeness (QED) is 0.859. The van der Waals surface area contributed by atoms with Gasteiger partial charge in [-0.3, -0.25) is 0 Å². The zero-order chi connectivity index (χ0) is 14.1. The molecule has 0 spiro atoms. The molecule has 4 nitrogen and oxygen atoms in total. The van der Waals surface area contributed by atoms with Crippen molar-refractivity contribution in [3.63, 3.8) is 0 Å². The summed E-state index contributed by atoms with van der Waals surface area (Å²) in [5.74, 6) is 1.43. The van der Waals surface area contributed by atoms with Crippen LogP contribution in [0.1, 0.15) is 39.0 Å². The molecule has 0 aromatic heterocycles. The highest BCUT2D eigenvalue weighted by Crippen LogP contribution is 2.42. The maximum absolute atomic E-state index is 11.6. The highest BCUT2D eigenvalue weighted by atomic mass is 32.2. The average molecular weight is 307 g/mol. The molecule has 19 heavy (non-hydrogen) atoms. The summed E-state index contributed by atoms with van der Waals surface area (Å²) >= 11 is 1.87. The van der Waals surface area contributed by atoms with Crippen molar-refractivity contribution in [3.05, 3.63) is 0 Å². The molecule has 2 aliphatic rings. The summed E-state index contributed by atoms with van der Waals surface area (Å²) in [6.07, 6.45) is 5.89. The molecule has 2 rings (SSSR count). The highest BCUT2D eigenvalue weighted by Gasteiger charge is 2.38. The number of thioether (sulfide) groups is 1. The van der Waals surface area contributed by atoms with Gasteiger partial charge in [-0.25, -0.2) is 12.7 Å². The minimum Gasteiger partial charge on any atom is -0.392 e. The molecule has 2 fully saturated rings. The van der Waals surface area contributed by atoms with Gasteiger partial charge in [0.25, 0.3) is 0 Å². The summed E-state index contributed by atoms with van der Waals surface area (Å²) in [4.78, 5) is 0. The normalized spacial score (nSPS) is 35.4. The van der Waals surface area contributed by atoms with Gasteiger partial charge in [-0.1, -0.05) is 0 Å². The first-order valence-corrected chi connectivity index (χ1v) is 9.92. The molecule has 0 radical (unpaired) electrons. The molecule has 3 unspecified atom stereocenters. The SMILES string of the molecule is CC1(C(O)CC2CCCN(S(C)(=O)=O)C2)CCCS1. The molecule has 2 heterocycles. The highest BCUT2D eigenvalue weighted by molar-refractivity contribution is 8.00. The van der Waals surface area contributed by atoms with Gasteiger partial charge in [-0.2, -0.15) is 11.8 Å². The Bertz CT molecular complexity index is 404. The lowest BCUT2D eigenvalue weighted by molar-refractivity contribution is 0.0907. The van der Waals surface area contributed by atoms with Crippen LogP contribution in [0.2, 0.25) is 0 Å². The number of hydrogen-bond donors (Lipinski definition) is 1. The van der Waals surface area contributed by atoms with Crippen LogP contribution in [0.5, 0.6) is 0 Å². The van der Waals surface area contributed by atoms with Gasteiger partial charge in [0, 0.05) is 17.8 Å². The van der Waals surface area contributed by atoms with E-state index < -0.39 is 10.0 Å². The molecule has 0 saturated carbocycles. The molecule has 0 aromatic carbocycles. The summed E-state index contributed by atoms with van der Waals surface area (Å²) in [6.45, 7) is 3.36. The van der Waals surface area contributed by atoms with Crippen molar-refractivity contribution in [1.29, 1.82) is 0 Å². The second-order valence-corrected chi connectivity index (χ2v) is 9.76. The Morgan fingerprint density at radius 3 is 2.79 bits per heavy atom. The van der Waals surface area contributed by atoms with Crippen molar-refractivity contribution < 1.29 is 13.5 Å². The molecule has 0 amide bonds. The third-order valence-corrected chi connectivity index (χ3v) is 7.36. The van der Waals surface area contributed by atoms with Crippen molar-refractivity contribution >= 4 is 21.8 Å². The van der Waals surface area contributed by atoms with Crippen LogP contribution in [0, 0.1) is 5.92 Å². The lowest BCUT2D eigenvalue weighted by Crippen LogP contribution is -2.42. The van der Waals surface area contributed by atoms with Crippen LogP contribution in [-0.4, -0.2) is 53.8 Å². The number of hydrogen-bond acceptors (Lipinski definition) is 4. The van der Waals surface area contributed by atoms with Gasteiger partial charge in [-0.15, -0.1) is 0 Å². The van der Waals surface area contributed by atoms with E-state index in [1.54, 1.807) is 4.31 Å². The van der Waals surface area contributed by atoms with Crippen LogP contribution in [-0.2, 0) is 10.0 Å². The maximum atomic E-state index is 11.6. The van der Waals surface area contributed by atoms with Crippen molar-refractivity contribution in [1.82, 2.24) is 4.31 Å². The molecular weight excluding hydrogens is 282 g/mol. The van der Waals surface area contributed by atoms with E-state index in [9.17, 15) is 13.5 Å². The molecule has 112 valence electrons. The molecule has 2 saturated heterocycles. The van der Waals surface area contributed by atoms with E-state index in [4.69, 9.17) is 0 Å². The molecule has 0 aliphatic carbocycles. The van der Waals surface area contributed by atoms with Crippen LogP contribution in [0.25, 0.3) is 0 Å². The topological polar surface area (TPSA) is 57.6 Å². The van der Waals surface area contributed by atoms with Gasteiger partial charge >= 0.3 is 0 Å². The predicted octanol–water partition coefficient (Wildman–Crippen LogP) is 1.69. The minimum atomic E-state index is -3.08. The largest absolute Gasteiger partial charge is 0.392 e. The Morgan fingerprint density at radius 1 is 1.47 bits per heavy atom. The van der Waals surface area contributed by atoms with Crippen molar-refractivity contribution in [2.45, 2.75) is 49.9 Å². The van der Waals surface area contributed by atoms with Crippen LogP contribution < -0.4 is 0 Å². The summed E-state index contributed by atoms with van der Waals surface area (Å²) in [5.41, 5.74) is 0.